The third-order valence-corrected chi connectivity index (χ3v) is 3.22. The number of nitrogens with zero attached hydrogens (tertiary/aromatic N) is 1. The molecule has 0 unspecified atom stereocenters. The first-order valence-electron chi connectivity index (χ1n) is 7.16. The monoisotopic (exact) mass is 277 g/mol. The first-order valence-corrected chi connectivity index (χ1v) is 7.16. The highest BCUT2D eigenvalue weighted by molar-refractivity contribution is 5.81. The van der Waals surface area contributed by atoms with Crippen molar-refractivity contribution >= 4 is 11.6 Å². The normalized spacial score (nSPS) is 10.7. The molecule has 112 valence electrons. The molecule has 1 aromatic rings. The zero-order valence-corrected chi connectivity index (χ0v) is 13.3. The Morgan fingerprint density at radius 2 is 2.05 bits per heavy atom. The van der Waals surface area contributed by atoms with Crippen molar-refractivity contribution in [3.8, 4) is 0 Å². The molecule has 0 aliphatic rings. The quantitative estimate of drug-likeness (QED) is 0.800. The Labute approximate surface area is 122 Å². The van der Waals surface area contributed by atoms with Gasteiger partial charge in [-0.2, -0.15) is 0 Å². The van der Waals surface area contributed by atoms with Crippen molar-refractivity contribution in [3.63, 3.8) is 0 Å². The lowest BCUT2D eigenvalue weighted by atomic mass is 10.1. The Morgan fingerprint density at radius 1 is 1.35 bits per heavy atom. The molecule has 1 amide bonds. The molecule has 1 aromatic carbocycles. The van der Waals surface area contributed by atoms with Crippen LogP contribution in [0.3, 0.4) is 0 Å². The fourth-order valence-electron chi connectivity index (χ4n) is 1.99. The van der Waals surface area contributed by atoms with Crippen molar-refractivity contribution in [2.75, 3.05) is 32.1 Å². The molecule has 0 radical (unpaired) electrons. The molecule has 0 aliphatic carbocycles. The maximum atomic E-state index is 11.8. The van der Waals surface area contributed by atoms with E-state index in [2.05, 4.69) is 49.6 Å². The van der Waals surface area contributed by atoms with Crippen LogP contribution in [0.4, 0.5) is 5.69 Å². The number of rotatable bonds is 7. The highest BCUT2D eigenvalue weighted by Crippen LogP contribution is 2.18. The standard InChI is InChI=1S/C16H27N3O/c1-12(2)9-18-16(20)11-19(5)15-7-6-14(10-17-4)13(3)8-15/h6-8,12,17H,9-11H2,1-5H3,(H,18,20). The van der Waals surface area contributed by atoms with E-state index in [4.69, 9.17) is 0 Å². The number of likely N-dealkylation sites (N-methyl/N-ethyl adjacent to an activating group) is 1. The maximum Gasteiger partial charge on any atom is 0.239 e. The van der Waals surface area contributed by atoms with Gasteiger partial charge in [0.2, 0.25) is 5.91 Å². The summed E-state index contributed by atoms with van der Waals surface area (Å²) in [6, 6.07) is 6.31. The van der Waals surface area contributed by atoms with Crippen LogP contribution in [0.25, 0.3) is 0 Å². The molecule has 0 atom stereocenters. The van der Waals surface area contributed by atoms with Gasteiger partial charge in [0.15, 0.2) is 0 Å². The molecule has 0 fully saturated rings. The molecule has 0 bridgehead atoms. The molecule has 0 aliphatic heterocycles. The molecule has 0 saturated heterocycles. The van der Waals surface area contributed by atoms with Crippen LogP contribution in [0.1, 0.15) is 25.0 Å². The molecule has 4 nitrogen and oxygen atoms in total. The summed E-state index contributed by atoms with van der Waals surface area (Å²) in [6.45, 7) is 8.26. The minimum absolute atomic E-state index is 0.0677. The number of hydrogen-bond donors (Lipinski definition) is 2. The van der Waals surface area contributed by atoms with Crippen molar-refractivity contribution in [1.82, 2.24) is 10.6 Å². The molecular formula is C16H27N3O. The van der Waals surface area contributed by atoms with E-state index in [1.807, 2.05) is 19.0 Å². The van der Waals surface area contributed by atoms with Gasteiger partial charge in [-0.3, -0.25) is 4.79 Å². The average molecular weight is 277 g/mol. The zero-order valence-electron chi connectivity index (χ0n) is 13.3. The fourth-order valence-corrected chi connectivity index (χ4v) is 1.99. The Hall–Kier alpha value is -1.55. The lowest BCUT2D eigenvalue weighted by Crippen LogP contribution is -2.36. The van der Waals surface area contributed by atoms with E-state index in [1.165, 1.54) is 11.1 Å². The highest BCUT2D eigenvalue weighted by atomic mass is 16.2. The molecule has 0 heterocycles. The van der Waals surface area contributed by atoms with Gasteiger partial charge in [0.05, 0.1) is 6.54 Å². The highest BCUT2D eigenvalue weighted by Gasteiger charge is 2.09. The van der Waals surface area contributed by atoms with E-state index < -0.39 is 0 Å². The largest absolute Gasteiger partial charge is 0.365 e. The van der Waals surface area contributed by atoms with Crippen molar-refractivity contribution in [1.29, 1.82) is 0 Å². The van der Waals surface area contributed by atoms with E-state index in [-0.39, 0.29) is 5.91 Å². The van der Waals surface area contributed by atoms with Gasteiger partial charge in [0.25, 0.3) is 0 Å². The topological polar surface area (TPSA) is 44.4 Å². The van der Waals surface area contributed by atoms with Crippen LogP contribution in [0.15, 0.2) is 18.2 Å². The molecule has 0 aromatic heterocycles. The third kappa shape index (κ3) is 5.21. The van der Waals surface area contributed by atoms with Gasteiger partial charge >= 0.3 is 0 Å². The summed E-state index contributed by atoms with van der Waals surface area (Å²) in [5.74, 6) is 0.547. The van der Waals surface area contributed by atoms with Crippen LogP contribution in [0.2, 0.25) is 0 Å². The molecule has 20 heavy (non-hydrogen) atoms. The summed E-state index contributed by atoms with van der Waals surface area (Å²) in [7, 11) is 3.89. The van der Waals surface area contributed by atoms with Gasteiger partial charge in [-0.15, -0.1) is 0 Å². The van der Waals surface area contributed by atoms with Gasteiger partial charge in [0.1, 0.15) is 0 Å². The predicted molar refractivity (Wildman–Crippen MR) is 85.1 cm³/mol. The summed E-state index contributed by atoms with van der Waals surface area (Å²) >= 11 is 0. The Kier molecular flexibility index (Phi) is 6.52. The van der Waals surface area contributed by atoms with E-state index in [1.54, 1.807) is 0 Å². The van der Waals surface area contributed by atoms with Gasteiger partial charge in [-0.05, 0) is 43.1 Å². The third-order valence-electron chi connectivity index (χ3n) is 3.22. The number of benzene rings is 1. The molecule has 1 rings (SSSR count). The number of aryl methyl sites for hydroxylation is 1. The van der Waals surface area contributed by atoms with Gasteiger partial charge in [-0.1, -0.05) is 19.9 Å². The lowest BCUT2D eigenvalue weighted by molar-refractivity contribution is -0.119. The molecule has 0 saturated carbocycles. The van der Waals surface area contributed by atoms with E-state index >= 15 is 0 Å². The zero-order chi connectivity index (χ0) is 15.1. The van der Waals surface area contributed by atoms with Gasteiger partial charge in [-0.25, -0.2) is 0 Å². The van der Waals surface area contributed by atoms with Crippen LogP contribution in [0, 0.1) is 12.8 Å². The molecule has 2 N–H and O–H groups in total. The minimum atomic E-state index is 0.0677. The number of carbonyl (C=O) groups is 1. The number of amides is 1. The van der Waals surface area contributed by atoms with Crippen molar-refractivity contribution < 1.29 is 4.79 Å². The van der Waals surface area contributed by atoms with Crippen molar-refractivity contribution in [2.45, 2.75) is 27.3 Å². The first kappa shape index (κ1) is 16.5. The summed E-state index contributed by atoms with van der Waals surface area (Å²) in [4.78, 5) is 13.8. The average Bonchev–Trinajstić information content (AvgIpc) is 2.39. The van der Waals surface area contributed by atoms with E-state index in [0.29, 0.717) is 12.5 Å². The number of anilines is 1. The van der Waals surface area contributed by atoms with Gasteiger partial charge in [0, 0.05) is 25.8 Å². The van der Waals surface area contributed by atoms with Gasteiger partial charge < -0.3 is 15.5 Å². The second-order valence-corrected chi connectivity index (χ2v) is 5.70. The van der Waals surface area contributed by atoms with Crippen LogP contribution in [-0.4, -0.2) is 33.1 Å². The van der Waals surface area contributed by atoms with Crippen molar-refractivity contribution in [2.24, 2.45) is 5.92 Å². The van der Waals surface area contributed by atoms with Crippen molar-refractivity contribution in [3.05, 3.63) is 29.3 Å². The molecule has 0 spiro atoms. The SMILES string of the molecule is CNCc1ccc(N(C)CC(=O)NCC(C)C)cc1C. The Morgan fingerprint density at radius 3 is 2.60 bits per heavy atom. The number of nitrogens with one attached hydrogen (secondary N) is 2. The van der Waals surface area contributed by atoms with Crippen LogP contribution >= 0.6 is 0 Å². The minimum Gasteiger partial charge on any atom is -0.365 e. The summed E-state index contributed by atoms with van der Waals surface area (Å²) in [5, 5.41) is 6.09. The second kappa shape index (κ2) is 7.90. The first-order chi connectivity index (χ1) is 9.43. The lowest BCUT2D eigenvalue weighted by Gasteiger charge is -2.20. The van der Waals surface area contributed by atoms with Crippen LogP contribution < -0.4 is 15.5 Å². The second-order valence-electron chi connectivity index (χ2n) is 5.70. The summed E-state index contributed by atoms with van der Waals surface area (Å²) in [6.07, 6.45) is 0. The number of carbonyl (C=O) groups excluding carboxylic acids is 1. The number of hydrogen-bond acceptors (Lipinski definition) is 3. The van der Waals surface area contributed by atoms with Crippen LogP contribution in [-0.2, 0) is 11.3 Å². The predicted octanol–water partition coefficient (Wildman–Crippen LogP) is 1.92. The summed E-state index contributed by atoms with van der Waals surface area (Å²) < 4.78 is 0. The molecule has 4 heteroatoms. The maximum absolute atomic E-state index is 11.8. The Bertz CT molecular complexity index is 443. The fraction of sp³-hybridized carbons (Fsp3) is 0.562. The summed E-state index contributed by atoms with van der Waals surface area (Å²) in [5.41, 5.74) is 3.60. The molecular weight excluding hydrogens is 250 g/mol. The smallest absolute Gasteiger partial charge is 0.239 e. The Balaban J connectivity index is 2.61. The van der Waals surface area contributed by atoms with E-state index in [9.17, 15) is 4.79 Å². The van der Waals surface area contributed by atoms with Crippen LogP contribution in [0.5, 0.6) is 0 Å². The van der Waals surface area contributed by atoms with E-state index in [0.717, 1.165) is 18.8 Å².